The van der Waals surface area contributed by atoms with Gasteiger partial charge in [-0.05, 0) is 11.6 Å². The van der Waals surface area contributed by atoms with Crippen LogP contribution in [0.25, 0.3) is 0 Å². The predicted molar refractivity (Wildman–Crippen MR) is 110 cm³/mol. The maximum atomic E-state index is 12.4. The Balaban J connectivity index is 2.10. The van der Waals surface area contributed by atoms with E-state index in [0.717, 1.165) is 5.56 Å². The molecule has 0 aliphatic heterocycles. The Kier molecular flexibility index (Phi) is 9.37. The summed E-state index contributed by atoms with van der Waals surface area (Å²) in [4.78, 5) is 37.1. The van der Waals surface area contributed by atoms with Crippen molar-refractivity contribution >= 4 is 17.9 Å². The average Bonchev–Trinajstić information content (AvgIpc) is 2.73. The van der Waals surface area contributed by atoms with E-state index in [1.807, 2.05) is 0 Å². The largest absolute Gasteiger partial charge is 0.508 e. The van der Waals surface area contributed by atoms with Gasteiger partial charge in [-0.25, -0.2) is 4.79 Å². The van der Waals surface area contributed by atoms with Gasteiger partial charge in [0.05, 0.1) is 13.1 Å². The standard InChI is InChI=1S/C22H23F3N2O6/c23-22(24,25)21(32)33-20(31)15-26(12-16-6-2-1-3-7-16)10-11-27(14-19(29)30)13-17-8-4-5-9-18(17)28/h1-9,28H,10-15H2,(H,29,30). The Morgan fingerprint density at radius 2 is 1.42 bits per heavy atom. The lowest BCUT2D eigenvalue weighted by atomic mass is 10.2. The summed E-state index contributed by atoms with van der Waals surface area (Å²) in [5.41, 5.74) is 1.24. The van der Waals surface area contributed by atoms with Crippen LogP contribution >= 0.6 is 0 Å². The minimum atomic E-state index is -5.30. The van der Waals surface area contributed by atoms with E-state index in [9.17, 15) is 37.8 Å². The first kappa shape index (κ1) is 25.8. The molecule has 0 aromatic heterocycles. The second kappa shape index (κ2) is 12.0. The van der Waals surface area contributed by atoms with Crippen molar-refractivity contribution in [3.05, 3.63) is 65.7 Å². The lowest BCUT2D eigenvalue weighted by Crippen LogP contribution is -2.40. The quantitative estimate of drug-likeness (QED) is 0.383. The van der Waals surface area contributed by atoms with Gasteiger partial charge in [-0.1, -0.05) is 48.5 Å². The minimum Gasteiger partial charge on any atom is -0.508 e. The molecule has 0 spiro atoms. The number of aromatic hydroxyl groups is 1. The zero-order valence-electron chi connectivity index (χ0n) is 17.5. The highest BCUT2D eigenvalue weighted by Crippen LogP contribution is 2.18. The van der Waals surface area contributed by atoms with Crippen LogP contribution in [-0.4, -0.2) is 70.3 Å². The third-order valence-electron chi connectivity index (χ3n) is 4.52. The number of esters is 2. The number of carbonyl (C=O) groups is 3. The number of ether oxygens (including phenoxy) is 1. The summed E-state index contributed by atoms with van der Waals surface area (Å²) < 4.78 is 41.0. The summed E-state index contributed by atoms with van der Waals surface area (Å²) >= 11 is 0. The van der Waals surface area contributed by atoms with E-state index in [1.54, 1.807) is 48.5 Å². The number of hydrogen-bond donors (Lipinski definition) is 2. The molecule has 2 rings (SSSR count). The maximum absolute atomic E-state index is 12.4. The molecule has 11 heteroatoms. The fourth-order valence-electron chi connectivity index (χ4n) is 3.01. The molecule has 33 heavy (non-hydrogen) atoms. The Morgan fingerprint density at radius 1 is 0.848 bits per heavy atom. The first-order valence-corrected chi connectivity index (χ1v) is 9.83. The molecule has 0 aliphatic carbocycles. The number of hydrogen-bond acceptors (Lipinski definition) is 7. The van der Waals surface area contributed by atoms with E-state index in [1.165, 1.54) is 15.9 Å². The zero-order valence-corrected chi connectivity index (χ0v) is 17.5. The number of carbonyl (C=O) groups excluding carboxylic acids is 2. The van der Waals surface area contributed by atoms with Crippen LogP contribution in [0.15, 0.2) is 54.6 Å². The highest BCUT2D eigenvalue weighted by molar-refractivity contribution is 5.89. The Bertz CT molecular complexity index is 953. The Morgan fingerprint density at radius 3 is 2.00 bits per heavy atom. The second-order valence-electron chi connectivity index (χ2n) is 7.19. The van der Waals surface area contributed by atoms with E-state index in [0.29, 0.717) is 5.56 Å². The summed E-state index contributed by atoms with van der Waals surface area (Å²) in [5, 5.41) is 19.2. The van der Waals surface area contributed by atoms with Gasteiger partial charge in [-0.15, -0.1) is 0 Å². The van der Waals surface area contributed by atoms with E-state index < -0.39 is 30.6 Å². The number of para-hydroxylation sites is 1. The average molecular weight is 468 g/mol. The highest BCUT2D eigenvalue weighted by atomic mass is 19.4. The van der Waals surface area contributed by atoms with Crippen LogP contribution in [-0.2, 0) is 32.2 Å². The van der Waals surface area contributed by atoms with E-state index in [2.05, 4.69) is 4.74 Å². The van der Waals surface area contributed by atoms with Crippen LogP contribution in [0.5, 0.6) is 5.75 Å². The monoisotopic (exact) mass is 468 g/mol. The van der Waals surface area contributed by atoms with E-state index in [-0.39, 0.29) is 38.5 Å². The highest BCUT2D eigenvalue weighted by Gasteiger charge is 2.42. The zero-order chi connectivity index (χ0) is 24.4. The molecule has 178 valence electrons. The van der Waals surface area contributed by atoms with Crippen LogP contribution < -0.4 is 0 Å². The molecule has 0 aliphatic rings. The van der Waals surface area contributed by atoms with Crippen LogP contribution in [0.2, 0.25) is 0 Å². The van der Waals surface area contributed by atoms with Gasteiger partial charge in [0.25, 0.3) is 0 Å². The van der Waals surface area contributed by atoms with Crippen LogP contribution in [0.1, 0.15) is 11.1 Å². The van der Waals surface area contributed by atoms with Gasteiger partial charge < -0.3 is 14.9 Å². The molecule has 2 N–H and O–H groups in total. The predicted octanol–water partition coefficient (Wildman–Crippen LogP) is 2.41. The number of carboxylic acids is 1. The van der Waals surface area contributed by atoms with Gasteiger partial charge in [0, 0.05) is 31.7 Å². The third kappa shape index (κ3) is 9.29. The molecule has 2 aromatic carbocycles. The topological polar surface area (TPSA) is 107 Å². The van der Waals surface area contributed by atoms with Crippen LogP contribution in [0.4, 0.5) is 13.2 Å². The SMILES string of the molecule is O=C(O)CN(CCN(CC(=O)OC(=O)C(F)(F)F)Cc1ccccc1)Cc1ccccc1O. The lowest BCUT2D eigenvalue weighted by molar-refractivity contribution is -0.202. The van der Waals surface area contributed by atoms with Gasteiger partial charge in [-0.2, -0.15) is 13.2 Å². The lowest BCUT2D eigenvalue weighted by Gasteiger charge is -2.26. The van der Waals surface area contributed by atoms with Crippen molar-refractivity contribution in [2.45, 2.75) is 19.3 Å². The molecular formula is C22H23F3N2O6. The third-order valence-corrected chi connectivity index (χ3v) is 4.52. The molecule has 0 atom stereocenters. The molecule has 2 aromatic rings. The number of aliphatic carboxylic acids is 1. The fourth-order valence-corrected chi connectivity index (χ4v) is 3.01. The molecule has 0 saturated carbocycles. The van der Waals surface area contributed by atoms with Gasteiger partial charge in [-0.3, -0.25) is 19.4 Å². The van der Waals surface area contributed by atoms with Crippen molar-refractivity contribution in [1.29, 1.82) is 0 Å². The fraction of sp³-hybridized carbons (Fsp3) is 0.318. The summed E-state index contributed by atoms with van der Waals surface area (Å²) in [6.07, 6.45) is -5.30. The molecular weight excluding hydrogens is 445 g/mol. The summed E-state index contributed by atoms with van der Waals surface area (Å²) in [6.45, 7) is -0.569. The Hall–Kier alpha value is -3.44. The number of alkyl halides is 3. The maximum Gasteiger partial charge on any atom is 0.491 e. The number of nitrogens with zero attached hydrogens (tertiary/aromatic N) is 2. The molecule has 0 amide bonds. The van der Waals surface area contributed by atoms with Gasteiger partial charge in [0.15, 0.2) is 0 Å². The Labute approximate surface area is 187 Å². The van der Waals surface area contributed by atoms with Crippen molar-refractivity contribution in [1.82, 2.24) is 9.80 Å². The van der Waals surface area contributed by atoms with Gasteiger partial charge in [0.2, 0.25) is 0 Å². The van der Waals surface area contributed by atoms with Gasteiger partial charge >= 0.3 is 24.1 Å². The number of phenols is 1. The van der Waals surface area contributed by atoms with E-state index >= 15 is 0 Å². The number of phenolic OH excluding ortho intramolecular Hbond substituents is 1. The van der Waals surface area contributed by atoms with Crippen molar-refractivity contribution in [3.8, 4) is 5.75 Å². The summed E-state index contributed by atoms with van der Waals surface area (Å²) in [6, 6.07) is 15.1. The van der Waals surface area contributed by atoms with Crippen molar-refractivity contribution < 1.29 is 42.5 Å². The molecule has 0 radical (unpaired) electrons. The first-order valence-electron chi connectivity index (χ1n) is 9.83. The number of halogens is 3. The van der Waals surface area contributed by atoms with E-state index in [4.69, 9.17) is 0 Å². The number of benzene rings is 2. The first-order chi connectivity index (χ1) is 15.5. The van der Waals surface area contributed by atoms with Crippen molar-refractivity contribution in [3.63, 3.8) is 0 Å². The molecule has 0 saturated heterocycles. The summed E-state index contributed by atoms with van der Waals surface area (Å²) in [7, 11) is 0. The molecule has 0 heterocycles. The second-order valence-corrected chi connectivity index (χ2v) is 7.19. The number of rotatable bonds is 11. The minimum absolute atomic E-state index is 0.0109. The summed E-state index contributed by atoms with van der Waals surface area (Å²) in [5.74, 6) is -5.10. The molecule has 8 nitrogen and oxygen atoms in total. The van der Waals surface area contributed by atoms with Gasteiger partial charge in [0.1, 0.15) is 5.75 Å². The smallest absolute Gasteiger partial charge is 0.491 e. The van der Waals surface area contributed by atoms with Crippen LogP contribution in [0, 0.1) is 0 Å². The van der Waals surface area contributed by atoms with Crippen molar-refractivity contribution in [2.24, 2.45) is 0 Å². The van der Waals surface area contributed by atoms with Crippen LogP contribution in [0.3, 0.4) is 0 Å². The number of carboxylic acid groups (broad SMARTS) is 1. The van der Waals surface area contributed by atoms with Crippen molar-refractivity contribution in [2.75, 3.05) is 26.2 Å². The molecule has 0 unspecified atom stereocenters. The molecule has 0 fully saturated rings. The molecule has 0 bridgehead atoms. The normalized spacial score (nSPS) is 11.5.